The predicted molar refractivity (Wildman–Crippen MR) is 115 cm³/mol. The van der Waals surface area contributed by atoms with E-state index >= 15 is 0 Å². The maximum atomic E-state index is 12.9. The van der Waals surface area contributed by atoms with Gasteiger partial charge in [0.1, 0.15) is 12.6 Å². The van der Waals surface area contributed by atoms with E-state index in [-0.39, 0.29) is 68.6 Å². The molecule has 1 atom stereocenters. The van der Waals surface area contributed by atoms with Gasteiger partial charge in [0, 0.05) is 24.1 Å². The Kier molecular flexibility index (Phi) is 8.72. The molecule has 2 heterocycles. The first-order valence-electron chi connectivity index (χ1n) is 10.6. The van der Waals surface area contributed by atoms with Crippen molar-refractivity contribution in [3.63, 3.8) is 0 Å². The van der Waals surface area contributed by atoms with E-state index in [4.69, 9.17) is 19.3 Å². The van der Waals surface area contributed by atoms with Crippen molar-refractivity contribution in [3.05, 3.63) is 29.3 Å². The quantitative estimate of drug-likeness (QED) is 0.264. The summed E-state index contributed by atoms with van der Waals surface area (Å²) in [5.74, 6) is -2.78. The maximum Gasteiger partial charge on any atom is 0.329 e. The van der Waals surface area contributed by atoms with E-state index in [1.165, 1.54) is 23.1 Å². The van der Waals surface area contributed by atoms with Gasteiger partial charge in [0.15, 0.2) is 9.84 Å². The molecule has 12 nitrogen and oxygen atoms in total. The van der Waals surface area contributed by atoms with Gasteiger partial charge in [-0.3, -0.25) is 19.7 Å². The zero-order valence-electron chi connectivity index (χ0n) is 18.4. The lowest BCUT2D eigenvalue weighted by atomic mass is 10.0. The van der Waals surface area contributed by atoms with Crippen LogP contribution in [-0.2, 0) is 45.0 Å². The normalized spacial score (nSPS) is 18.2. The lowest BCUT2D eigenvalue weighted by Gasteiger charge is -2.29. The second kappa shape index (κ2) is 11.5. The molecule has 186 valence electrons. The molecule has 0 aliphatic carbocycles. The Hall–Kier alpha value is -2.87. The SMILES string of the molecule is O=C(O)COCCOCCOCCS(=O)(=O)c1cccc2c1CN(C1CCC(=O)NC1=O)C2=O. The molecular formula is C21H26N2O10S. The van der Waals surface area contributed by atoms with Gasteiger partial charge in [0.05, 0.1) is 43.7 Å². The largest absolute Gasteiger partial charge is 0.480 e. The van der Waals surface area contributed by atoms with Crippen molar-refractivity contribution in [2.24, 2.45) is 0 Å². The number of sulfone groups is 1. The first-order chi connectivity index (χ1) is 16.2. The van der Waals surface area contributed by atoms with Crippen LogP contribution in [0.3, 0.4) is 0 Å². The molecule has 1 aromatic rings. The number of amides is 3. The molecule has 3 amide bonds. The Bertz CT molecular complexity index is 1060. The highest BCUT2D eigenvalue weighted by Crippen LogP contribution is 2.32. The highest BCUT2D eigenvalue weighted by atomic mass is 32.2. The first-order valence-corrected chi connectivity index (χ1v) is 12.3. The summed E-state index contributed by atoms with van der Waals surface area (Å²) in [6, 6.07) is 3.61. The fourth-order valence-electron chi connectivity index (χ4n) is 3.73. The molecule has 13 heteroatoms. The molecule has 0 bridgehead atoms. The lowest BCUT2D eigenvalue weighted by molar-refractivity contribution is -0.143. The summed E-state index contributed by atoms with van der Waals surface area (Å²) in [4.78, 5) is 48.1. The number of nitrogens with zero attached hydrogens (tertiary/aromatic N) is 1. The van der Waals surface area contributed by atoms with E-state index in [1.807, 2.05) is 0 Å². The van der Waals surface area contributed by atoms with Gasteiger partial charge in [-0.05, 0) is 18.6 Å². The van der Waals surface area contributed by atoms with E-state index in [0.717, 1.165) is 0 Å². The Labute approximate surface area is 196 Å². The van der Waals surface area contributed by atoms with Crippen molar-refractivity contribution in [1.82, 2.24) is 10.2 Å². The van der Waals surface area contributed by atoms with E-state index in [9.17, 15) is 27.6 Å². The number of nitrogens with one attached hydrogen (secondary N) is 1. The summed E-state index contributed by atoms with van der Waals surface area (Å²) in [6.45, 7) is 0.106. The fourth-order valence-corrected chi connectivity index (χ4v) is 5.12. The molecule has 1 aromatic carbocycles. The number of piperidine rings is 1. The third-order valence-electron chi connectivity index (χ3n) is 5.34. The zero-order valence-corrected chi connectivity index (χ0v) is 19.2. The smallest absolute Gasteiger partial charge is 0.329 e. The second-order valence-electron chi connectivity index (χ2n) is 7.67. The molecule has 0 spiro atoms. The van der Waals surface area contributed by atoms with Crippen molar-refractivity contribution in [2.45, 2.75) is 30.3 Å². The van der Waals surface area contributed by atoms with Gasteiger partial charge in [-0.2, -0.15) is 0 Å². The average molecular weight is 499 g/mol. The number of fused-ring (bicyclic) bond motifs is 1. The third-order valence-corrected chi connectivity index (χ3v) is 7.10. The minimum Gasteiger partial charge on any atom is -0.480 e. The average Bonchev–Trinajstić information content (AvgIpc) is 3.11. The van der Waals surface area contributed by atoms with Crippen LogP contribution in [0.25, 0.3) is 0 Å². The van der Waals surface area contributed by atoms with Crippen LogP contribution < -0.4 is 5.32 Å². The molecule has 3 rings (SSSR count). The van der Waals surface area contributed by atoms with Gasteiger partial charge in [0.2, 0.25) is 11.8 Å². The number of benzene rings is 1. The number of ether oxygens (including phenoxy) is 3. The summed E-state index contributed by atoms with van der Waals surface area (Å²) in [5.41, 5.74) is 0.562. The number of imide groups is 1. The van der Waals surface area contributed by atoms with Gasteiger partial charge in [-0.15, -0.1) is 0 Å². The molecule has 34 heavy (non-hydrogen) atoms. The second-order valence-corrected chi connectivity index (χ2v) is 9.75. The summed E-state index contributed by atoms with van der Waals surface area (Å²) in [7, 11) is -3.77. The van der Waals surface area contributed by atoms with Crippen LogP contribution in [0.2, 0.25) is 0 Å². The molecule has 0 radical (unpaired) electrons. The van der Waals surface area contributed by atoms with Gasteiger partial charge in [-0.1, -0.05) is 6.07 Å². The first kappa shape index (κ1) is 25.7. The molecule has 2 aliphatic rings. The van der Waals surface area contributed by atoms with E-state index in [1.54, 1.807) is 0 Å². The Morgan fingerprint density at radius 1 is 1.06 bits per heavy atom. The van der Waals surface area contributed by atoms with Crippen LogP contribution in [0.15, 0.2) is 23.1 Å². The van der Waals surface area contributed by atoms with Crippen LogP contribution in [0, 0.1) is 0 Å². The minimum atomic E-state index is -3.77. The predicted octanol–water partition coefficient (Wildman–Crippen LogP) is -0.644. The van der Waals surface area contributed by atoms with Crippen molar-refractivity contribution in [2.75, 3.05) is 45.4 Å². The lowest BCUT2D eigenvalue weighted by Crippen LogP contribution is -2.52. The number of carbonyl (C=O) groups is 4. The Balaban J connectivity index is 1.50. The summed E-state index contributed by atoms with van der Waals surface area (Å²) < 4.78 is 41.2. The summed E-state index contributed by atoms with van der Waals surface area (Å²) >= 11 is 0. The molecular weight excluding hydrogens is 472 g/mol. The number of carbonyl (C=O) groups excluding carboxylic acids is 3. The van der Waals surface area contributed by atoms with Crippen LogP contribution in [0.4, 0.5) is 0 Å². The molecule has 0 aromatic heterocycles. The minimum absolute atomic E-state index is 0.0172. The highest BCUT2D eigenvalue weighted by molar-refractivity contribution is 7.91. The van der Waals surface area contributed by atoms with Gasteiger partial charge in [-0.25, -0.2) is 13.2 Å². The van der Waals surface area contributed by atoms with Crippen molar-refractivity contribution >= 4 is 33.5 Å². The van der Waals surface area contributed by atoms with E-state index in [0.29, 0.717) is 5.56 Å². The molecule has 2 aliphatic heterocycles. The van der Waals surface area contributed by atoms with Crippen LogP contribution in [0.5, 0.6) is 0 Å². The topological polar surface area (TPSA) is 166 Å². The van der Waals surface area contributed by atoms with Crippen molar-refractivity contribution in [3.8, 4) is 0 Å². The van der Waals surface area contributed by atoms with Gasteiger partial charge >= 0.3 is 5.97 Å². The number of aliphatic carboxylic acids is 1. The third kappa shape index (κ3) is 6.38. The van der Waals surface area contributed by atoms with Crippen molar-refractivity contribution in [1.29, 1.82) is 0 Å². The zero-order chi connectivity index (χ0) is 24.7. The summed E-state index contributed by atoms with van der Waals surface area (Å²) in [6.07, 6.45) is 0.298. The highest BCUT2D eigenvalue weighted by Gasteiger charge is 2.40. The monoisotopic (exact) mass is 498 g/mol. The molecule has 2 N–H and O–H groups in total. The molecule has 1 unspecified atom stereocenters. The molecule has 1 fully saturated rings. The maximum absolute atomic E-state index is 12.9. The van der Waals surface area contributed by atoms with E-state index in [2.05, 4.69) is 5.32 Å². The van der Waals surface area contributed by atoms with Crippen LogP contribution >= 0.6 is 0 Å². The fraction of sp³-hybridized carbons (Fsp3) is 0.524. The van der Waals surface area contributed by atoms with Crippen LogP contribution in [0.1, 0.15) is 28.8 Å². The molecule has 0 saturated carbocycles. The number of carboxylic acids is 1. The van der Waals surface area contributed by atoms with Crippen molar-refractivity contribution < 1.29 is 46.9 Å². The van der Waals surface area contributed by atoms with Gasteiger partial charge in [0.25, 0.3) is 5.91 Å². The van der Waals surface area contributed by atoms with Crippen LogP contribution in [-0.4, -0.2) is 93.6 Å². The number of hydrogen-bond acceptors (Lipinski definition) is 9. The number of carboxylic acid groups (broad SMARTS) is 1. The Morgan fingerprint density at radius 2 is 1.74 bits per heavy atom. The molecule has 1 saturated heterocycles. The summed E-state index contributed by atoms with van der Waals surface area (Å²) in [5, 5.41) is 10.7. The van der Waals surface area contributed by atoms with E-state index < -0.39 is 46.2 Å². The van der Waals surface area contributed by atoms with Gasteiger partial charge < -0.3 is 24.2 Å². The number of hydrogen-bond donors (Lipinski definition) is 2. The standard InChI is InChI=1S/C21H26N2O10S/c24-18-5-4-16(20(27)22-18)23-12-15-14(21(23)28)2-1-3-17(15)34(29,30)11-10-32-7-6-31-8-9-33-13-19(25)26/h1-3,16H,4-13H2,(H,25,26)(H,22,24,27). The Morgan fingerprint density at radius 3 is 2.41 bits per heavy atom. The number of rotatable bonds is 13.